The SMILES string of the molecule is O=C(c1cc(-c2ccccc2)on1)N1CCCSCC1CN1CCCCC1. The Morgan fingerprint density at radius 2 is 1.93 bits per heavy atom. The van der Waals surface area contributed by atoms with Gasteiger partial charge in [-0.05, 0) is 38.1 Å². The van der Waals surface area contributed by atoms with Crippen molar-refractivity contribution in [2.45, 2.75) is 31.7 Å². The van der Waals surface area contributed by atoms with Crippen molar-refractivity contribution in [2.75, 3.05) is 37.7 Å². The Morgan fingerprint density at radius 1 is 1.11 bits per heavy atom. The number of piperidine rings is 1. The van der Waals surface area contributed by atoms with Gasteiger partial charge >= 0.3 is 0 Å². The molecular formula is C21H27N3O2S. The first kappa shape index (κ1) is 18.6. The lowest BCUT2D eigenvalue weighted by atomic mass is 10.1. The summed E-state index contributed by atoms with van der Waals surface area (Å²) >= 11 is 1.97. The smallest absolute Gasteiger partial charge is 0.276 e. The number of hydrogen-bond acceptors (Lipinski definition) is 5. The van der Waals surface area contributed by atoms with E-state index in [1.807, 2.05) is 47.0 Å². The molecule has 4 rings (SSSR count). The molecule has 0 saturated carbocycles. The number of thioether (sulfide) groups is 1. The number of amides is 1. The van der Waals surface area contributed by atoms with Crippen molar-refractivity contribution < 1.29 is 9.32 Å². The van der Waals surface area contributed by atoms with Crippen molar-refractivity contribution >= 4 is 17.7 Å². The third kappa shape index (κ3) is 4.55. The highest BCUT2D eigenvalue weighted by atomic mass is 32.2. The van der Waals surface area contributed by atoms with Gasteiger partial charge in [-0.25, -0.2) is 0 Å². The van der Waals surface area contributed by atoms with E-state index in [1.54, 1.807) is 6.07 Å². The minimum Gasteiger partial charge on any atom is -0.355 e. The van der Waals surface area contributed by atoms with Gasteiger partial charge in [0.05, 0.1) is 6.04 Å². The van der Waals surface area contributed by atoms with Gasteiger partial charge in [0.1, 0.15) is 0 Å². The molecule has 1 atom stereocenters. The lowest BCUT2D eigenvalue weighted by Crippen LogP contribution is -2.49. The Bertz CT molecular complexity index is 743. The van der Waals surface area contributed by atoms with E-state index < -0.39 is 0 Å². The van der Waals surface area contributed by atoms with E-state index in [0.717, 1.165) is 49.7 Å². The zero-order valence-electron chi connectivity index (χ0n) is 15.7. The molecule has 0 bridgehead atoms. The maximum Gasteiger partial charge on any atom is 0.276 e. The largest absolute Gasteiger partial charge is 0.355 e. The number of nitrogens with zero attached hydrogens (tertiary/aromatic N) is 3. The van der Waals surface area contributed by atoms with Crippen molar-refractivity contribution in [3.05, 3.63) is 42.1 Å². The molecule has 1 unspecified atom stereocenters. The fourth-order valence-corrected chi connectivity index (χ4v) is 5.01. The maximum absolute atomic E-state index is 13.2. The van der Waals surface area contributed by atoms with Crippen molar-refractivity contribution in [3.8, 4) is 11.3 Å². The molecule has 1 amide bonds. The average molecular weight is 386 g/mol. The maximum atomic E-state index is 13.2. The highest BCUT2D eigenvalue weighted by Crippen LogP contribution is 2.24. The second-order valence-electron chi connectivity index (χ2n) is 7.38. The number of benzene rings is 1. The van der Waals surface area contributed by atoms with Gasteiger partial charge in [-0.2, -0.15) is 11.8 Å². The number of carbonyl (C=O) groups is 1. The van der Waals surface area contributed by atoms with Crippen LogP contribution in [0.5, 0.6) is 0 Å². The predicted molar refractivity (Wildman–Crippen MR) is 109 cm³/mol. The second-order valence-corrected chi connectivity index (χ2v) is 8.53. The molecule has 6 heteroatoms. The zero-order chi connectivity index (χ0) is 18.5. The molecule has 2 aromatic rings. The van der Waals surface area contributed by atoms with Gasteiger partial charge in [-0.1, -0.05) is 41.9 Å². The van der Waals surface area contributed by atoms with Crippen molar-refractivity contribution in [2.24, 2.45) is 0 Å². The lowest BCUT2D eigenvalue weighted by molar-refractivity contribution is 0.0635. The summed E-state index contributed by atoms with van der Waals surface area (Å²) in [4.78, 5) is 17.8. The topological polar surface area (TPSA) is 49.6 Å². The normalized spacial score (nSPS) is 21.8. The van der Waals surface area contributed by atoms with Crippen LogP contribution in [-0.4, -0.2) is 64.6 Å². The van der Waals surface area contributed by atoms with Crippen LogP contribution in [0.25, 0.3) is 11.3 Å². The lowest BCUT2D eigenvalue weighted by Gasteiger charge is -2.35. The van der Waals surface area contributed by atoms with Crippen LogP contribution >= 0.6 is 11.8 Å². The summed E-state index contributed by atoms with van der Waals surface area (Å²) in [7, 11) is 0. The summed E-state index contributed by atoms with van der Waals surface area (Å²) in [6.07, 6.45) is 4.92. The Labute approximate surface area is 165 Å². The van der Waals surface area contributed by atoms with E-state index in [2.05, 4.69) is 10.1 Å². The first-order valence-corrected chi connectivity index (χ1v) is 11.1. The summed E-state index contributed by atoms with van der Waals surface area (Å²) in [6.45, 7) is 4.09. The number of rotatable bonds is 4. The number of hydrogen-bond donors (Lipinski definition) is 0. The monoisotopic (exact) mass is 385 g/mol. The van der Waals surface area contributed by atoms with Gasteiger partial charge < -0.3 is 14.3 Å². The summed E-state index contributed by atoms with van der Waals surface area (Å²) in [6, 6.07) is 11.9. The molecule has 1 aromatic heterocycles. The molecule has 3 heterocycles. The molecule has 2 aliphatic rings. The molecule has 0 N–H and O–H groups in total. The third-order valence-electron chi connectivity index (χ3n) is 5.40. The number of carbonyl (C=O) groups excluding carboxylic acids is 1. The fraction of sp³-hybridized carbons (Fsp3) is 0.524. The molecule has 5 nitrogen and oxygen atoms in total. The van der Waals surface area contributed by atoms with Gasteiger partial charge in [-0.15, -0.1) is 0 Å². The molecule has 1 aromatic carbocycles. The molecule has 2 fully saturated rings. The van der Waals surface area contributed by atoms with E-state index >= 15 is 0 Å². The summed E-state index contributed by atoms with van der Waals surface area (Å²) in [5, 5.41) is 4.09. The Kier molecular flexibility index (Phi) is 6.14. The molecule has 2 saturated heterocycles. The van der Waals surface area contributed by atoms with E-state index in [1.165, 1.54) is 19.3 Å². The van der Waals surface area contributed by atoms with Crippen molar-refractivity contribution in [3.63, 3.8) is 0 Å². The third-order valence-corrected chi connectivity index (χ3v) is 6.60. The van der Waals surface area contributed by atoms with Gasteiger partial charge in [0.25, 0.3) is 5.91 Å². The van der Waals surface area contributed by atoms with Crippen LogP contribution in [0.1, 0.15) is 36.2 Å². The van der Waals surface area contributed by atoms with E-state index in [9.17, 15) is 4.79 Å². The average Bonchev–Trinajstić information content (AvgIpc) is 3.10. The summed E-state index contributed by atoms with van der Waals surface area (Å²) in [5.41, 5.74) is 1.37. The standard InChI is InChI=1S/C21H27N3O2S/c25-21(19-14-20(26-22-19)17-8-3-1-4-9-17)24-12-7-13-27-16-18(24)15-23-10-5-2-6-11-23/h1,3-4,8-9,14,18H,2,5-7,10-13,15-16H2. The Hall–Kier alpha value is -1.79. The van der Waals surface area contributed by atoms with Crippen LogP contribution in [0, 0.1) is 0 Å². The summed E-state index contributed by atoms with van der Waals surface area (Å²) in [5.74, 6) is 2.78. The van der Waals surface area contributed by atoms with Crippen LogP contribution in [0.3, 0.4) is 0 Å². The molecule has 144 valence electrons. The van der Waals surface area contributed by atoms with Gasteiger partial charge in [0.2, 0.25) is 0 Å². The number of aromatic nitrogens is 1. The number of likely N-dealkylation sites (tertiary alicyclic amines) is 1. The van der Waals surface area contributed by atoms with Crippen molar-refractivity contribution in [1.82, 2.24) is 15.0 Å². The summed E-state index contributed by atoms with van der Waals surface area (Å²) < 4.78 is 5.47. The van der Waals surface area contributed by atoms with Gasteiger partial charge in [0, 0.05) is 30.5 Å². The van der Waals surface area contributed by atoms with Gasteiger partial charge in [-0.3, -0.25) is 4.79 Å². The molecule has 0 radical (unpaired) electrons. The van der Waals surface area contributed by atoms with E-state index in [0.29, 0.717) is 11.5 Å². The molecule has 2 aliphatic heterocycles. The highest BCUT2D eigenvalue weighted by Gasteiger charge is 2.30. The Balaban J connectivity index is 1.50. The minimum atomic E-state index is 0.00504. The zero-order valence-corrected chi connectivity index (χ0v) is 16.5. The highest BCUT2D eigenvalue weighted by molar-refractivity contribution is 7.99. The van der Waals surface area contributed by atoms with E-state index in [-0.39, 0.29) is 11.9 Å². The minimum absolute atomic E-state index is 0.00504. The van der Waals surface area contributed by atoms with Crippen LogP contribution in [-0.2, 0) is 0 Å². The molecule has 0 spiro atoms. The second kappa shape index (κ2) is 8.93. The van der Waals surface area contributed by atoms with Gasteiger partial charge in [0.15, 0.2) is 11.5 Å². The molecular weight excluding hydrogens is 358 g/mol. The van der Waals surface area contributed by atoms with Crippen LogP contribution < -0.4 is 0 Å². The van der Waals surface area contributed by atoms with E-state index in [4.69, 9.17) is 4.52 Å². The van der Waals surface area contributed by atoms with Crippen LogP contribution in [0.4, 0.5) is 0 Å². The predicted octanol–water partition coefficient (Wildman–Crippen LogP) is 3.78. The van der Waals surface area contributed by atoms with Crippen molar-refractivity contribution in [1.29, 1.82) is 0 Å². The Morgan fingerprint density at radius 3 is 2.74 bits per heavy atom. The quantitative estimate of drug-likeness (QED) is 0.802. The fourth-order valence-electron chi connectivity index (χ4n) is 3.95. The first-order chi connectivity index (χ1) is 13.3. The first-order valence-electron chi connectivity index (χ1n) is 9.94. The molecule has 0 aliphatic carbocycles. The van der Waals surface area contributed by atoms with Crippen LogP contribution in [0.15, 0.2) is 40.9 Å². The molecule has 27 heavy (non-hydrogen) atoms. The van der Waals surface area contributed by atoms with Crippen LogP contribution in [0.2, 0.25) is 0 Å².